The SMILES string of the molecule is CC(C)CC(=O)N1CC[C@H]2CN(C)S(=O)(=O)[C@@H]2CC1. The highest BCUT2D eigenvalue weighted by atomic mass is 32.2. The zero-order valence-electron chi connectivity index (χ0n) is 12.0. The number of rotatable bonds is 2. The number of carbonyl (C=O) groups excluding carboxylic acids is 1. The van der Waals surface area contributed by atoms with Crippen LogP contribution in [0.4, 0.5) is 0 Å². The van der Waals surface area contributed by atoms with E-state index in [4.69, 9.17) is 0 Å². The molecule has 0 aromatic heterocycles. The number of hydrogen-bond donors (Lipinski definition) is 0. The average Bonchev–Trinajstić information content (AvgIpc) is 2.48. The van der Waals surface area contributed by atoms with Crippen LogP contribution in [-0.2, 0) is 14.8 Å². The number of carbonyl (C=O) groups is 1. The number of nitrogens with zero attached hydrogens (tertiary/aromatic N) is 2. The fraction of sp³-hybridized carbons (Fsp3) is 0.923. The minimum absolute atomic E-state index is 0.167. The molecule has 2 aliphatic rings. The summed E-state index contributed by atoms with van der Waals surface area (Å²) in [5, 5.41) is -0.283. The van der Waals surface area contributed by atoms with E-state index in [-0.39, 0.29) is 17.1 Å². The molecule has 5 nitrogen and oxygen atoms in total. The molecule has 19 heavy (non-hydrogen) atoms. The van der Waals surface area contributed by atoms with Crippen LogP contribution in [0.25, 0.3) is 0 Å². The first-order valence-corrected chi connectivity index (χ1v) is 8.55. The Kier molecular flexibility index (Phi) is 4.20. The third-order valence-electron chi connectivity index (χ3n) is 4.22. The summed E-state index contributed by atoms with van der Waals surface area (Å²) in [5.41, 5.74) is 0. The van der Waals surface area contributed by atoms with Gasteiger partial charge in [-0.05, 0) is 24.7 Å². The van der Waals surface area contributed by atoms with Crippen LogP contribution in [0.1, 0.15) is 33.1 Å². The van der Waals surface area contributed by atoms with E-state index >= 15 is 0 Å². The Labute approximate surface area is 116 Å². The van der Waals surface area contributed by atoms with Crippen molar-refractivity contribution in [1.82, 2.24) is 9.21 Å². The summed E-state index contributed by atoms with van der Waals surface area (Å²) in [4.78, 5) is 13.9. The molecule has 2 saturated heterocycles. The standard InChI is InChI=1S/C13H24N2O3S/c1-10(2)8-13(16)15-6-4-11-9-14(3)19(17,18)12(11)5-7-15/h10-12H,4-9H2,1-3H3/t11-,12+/m0/s1. The van der Waals surface area contributed by atoms with E-state index < -0.39 is 10.0 Å². The van der Waals surface area contributed by atoms with E-state index in [0.29, 0.717) is 38.4 Å². The molecular formula is C13H24N2O3S. The van der Waals surface area contributed by atoms with Crippen molar-refractivity contribution in [3.8, 4) is 0 Å². The first kappa shape index (κ1) is 14.8. The van der Waals surface area contributed by atoms with E-state index in [1.165, 1.54) is 4.31 Å². The fourth-order valence-corrected chi connectivity index (χ4v) is 5.11. The molecule has 0 unspecified atom stereocenters. The van der Waals surface area contributed by atoms with E-state index in [1.54, 1.807) is 7.05 Å². The van der Waals surface area contributed by atoms with Gasteiger partial charge in [-0.25, -0.2) is 12.7 Å². The summed E-state index contributed by atoms with van der Waals surface area (Å²) in [6, 6.07) is 0. The summed E-state index contributed by atoms with van der Waals surface area (Å²) in [6.45, 7) is 5.96. The molecule has 0 aromatic carbocycles. The first-order valence-electron chi connectivity index (χ1n) is 7.05. The van der Waals surface area contributed by atoms with Crippen molar-refractivity contribution < 1.29 is 13.2 Å². The van der Waals surface area contributed by atoms with E-state index in [9.17, 15) is 13.2 Å². The lowest BCUT2D eigenvalue weighted by molar-refractivity contribution is -0.131. The van der Waals surface area contributed by atoms with Gasteiger partial charge in [0.1, 0.15) is 0 Å². The van der Waals surface area contributed by atoms with Gasteiger partial charge in [0.2, 0.25) is 15.9 Å². The number of hydrogen-bond acceptors (Lipinski definition) is 3. The van der Waals surface area contributed by atoms with Gasteiger partial charge in [0.05, 0.1) is 5.25 Å². The Bertz CT molecular complexity index is 447. The molecule has 110 valence electrons. The summed E-state index contributed by atoms with van der Waals surface area (Å²) < 4.78 is 25.8. The fourth-order valence-electron chi connectivity index (χ4n) is 3.13. The predicted molar refractivity (Wildman–Crippen MR) is 74.1 cm³/mol. The maximum absolute atomic E-state index is 12.2. The molecule has 0 aliphatic carbocycles. The largest absolute Gasteiger partial charge is 0.343 e. The van der Waals surface area contributed by atoms with Crippen LogP contribution in [-0.4, -0.2) is 55.5 Å². The Balaban J connectivity index is 2.03. The van der Waals surface area contributed by atoms with Gasteiger partial charge in [0, 0.05) is 33.1 Å². The van der Waals surface area contributed by atoms with Crippen LogP contribution in [0.2, 0.25) is 0 Å². The molecule has 2 rings (SSSR count). The molecule has 2 heterocycles. The smallest absolute Gasteiger partial charge is 0.222 e. The Morgan fingerprint density at radius 2 is 1.89 bits per heavy atom. The summed E-state index contributed by atoms with van der Waals surface area (Å²) in [7, 11) is -1.47. The molecule has 0 bridgehead atoms. The molecule has 2 aliphatic heterocycles. The lowest BCUT2D eigenvalue weighted by Gasteiger charge is -2.22. The van der Waals surface area contributed by atoms with Crippen LogP contribution >= 0.6 is 0 Å². The maximum Gasteiger partial charge on any atom is 0.222 e. The topological polar surface area (TPSA) is 57.7 Å². The van der Waals surface area contributed by atoms with Crippen molar-refractivity contribution in [2.75, 3.05) is 26.7 Å². The third kappa shape index (κ3) is 2.94. The van der Waals surface area contributed by atoms with E-state index in [2.05, 4.69) is 0 Å². The van der Waals surface area contributed by atoms with Crippen LogP contribution in [0.5, 0.6) is 0 Å². The van der Waals surface area contributed by atoms with Crippen molar-refractivity contribution in [3.63, 3.8) is 0 Å². The van der Waals surface area contributed by atoms with Gasteiger partial charge in [-0.15, -0.1) is 0 Å². The predicted octanol–water partition coefficient (Wildman–Crippen LogP) is 0.915. The molecule has 6 heteroatoms. The highest BCUT2D eigenvalue weighted by Crippen LogP contribution is 2.33. The van der Waals surface area contributed by atoms with Crippen molar-refractivity contribution >= 4 is 15.9 Å². The molecule has 0 saturated carbocycles. The van der Waals surface area contributed by atoms with Crippen LogP contribution in [0.15, 0.2) is 0 Å². The van der Waals surface area contributed by atoms with Gasteiger partial charge in [-0.2, -0.15) is 0 Å². The van der Waals surface area contributed by atoms with Gasteiger partial charge in [0.25, 0.3) is 0 Å². The van der Waals surface area contributed by atoms with Gasteiger partial charge in [0.15, 0.2) is 0 Å². The normalized spacial score (nSPS) is 31.3. The zero-order valence-corrected chi connectivity index (χ0v) is 12.8. The molecule has 2 fully saturated rings. The molecule has 0 aromatic rings. The number of amides is 1. The zero-order chi connectivity index (χ0) is 14.2. The number of likely N-dealkylation sites (tertiary alicyclic amines) is 1. The van der Waals surface area contributed by atoms with Gasteiger partial charge in [-0.1, -0.05) is 13.8 Å². The molecule has 1 amide bonds. The van der Waals surface area contributed by atoms with E-state index in [0.717, 1.165) is 6.42 Å². The second-order valence-corrected chi connectivity index (χ2v) is 8.44. The van der Waals surface area contributed by atoms with Gasteiger partial charge >= 0.3 is 0 Å². The second kappa shape index (κ2) is 5.40. The van der Waals surface area contributed by atoms with E-state index in [1.807, 2.05) is 18.7 Å². The molecule has 0 N–H and O–H groups in total. The second-order valence-electron chi connectivity index (χ2n) is 6.18. The maximum atomic E-state index is 12.2. The third-order valence-corrected chi connectivity index (χ3v) is 6.63. The van der Waals surface area contributed by atoms with Crippen LogP contribution in [0, 0.1) is 11.8 Å². The molecule has 0 spiro atoms. The Morgan fingerprint density at radius 1 is 1.26 bits per heavy atom. The first-order chi connectivity index (χ1) is 8.82. The minimum atomic E-state index is -3.13. The summed E-state index contributed by atoms with van der Waals surface area (Å²) in [6.07, 6.45) is 1.95. The van der Waals surface area contributed by atoms with Crippen molar-refractivity contribution in [3.05, 3.63) is 0 Å². The number of sulfonamides is 1. The van der Waals surface area contributed by atoms with Gasteiger partial charge in [-0.3, -0.25) is 4.79 Å². The molecule has 0 radical (unpaired) electrons. The van der Waals surface area contributed by atoms with Crippen molar-refractivity contribution in [1.29, 1.82) is 0 Å². The quantitative estimate of drug-likeness (QED) is 0.759. The lowest BCUT2D eigenvalue weighted by atomic mass is 10.0. The number of fused-ring (bicyclic) bond motifs is 1. The minimum Gasteiger partial charge on any atom is -0.343 e. The van der Waals surface area contributed by atoms with Crippen molar-refractivity contribution in [2.45, 2.75) is 38.4 Å². The van der Waals surface area contributed by atoms with Crippen LogP contribution in [0.3, 0.4) is 0 Å². The molecular weight excluding hydrogens is 264 g/mol. The summed E-state index contributed by atoms with van der Waals surface area (Å²) >= 11 is 0. The van der Waals surface area contributed by atoms with Crippen molar-refractivity contribution in [2.24, 2.45) is 11.8 Å². The van der Waals surface area contributed by atoms with Crippen LogP contribution < -0.4 is 0 Å². The Hall–Kier alpha value is -0.620. The highest BCUT2D eigenvalue weighted by Gasteiger charge is 2.45. The summed E-state index contributed by atoms with van der Waals surface area (Å²) in [5.74, 6) is 0.706. The Morgan fingerprint density at radius 3 is 2.53 bits per heavy atom. The average molecular weight is 288 g/mol. The van der Waals surface area contributed by atoms with Gasteiger partial charge < -0.3 is 4.90 Å². The monoisotopic (exact) mass is 288 g/mol. The lowest BCUT2D eigenvalue weighted by Crippen LogP contribution is -2.34. The molecule has 2 atom stereocenters. The highest BCUT2D eigenvalue weighted by molar-refractivity contribution is 7.90.